The van der Waals surface area contributed by atoms with Crippen LogP contribution in [-0.4, -0.2) is 9.97 Å². The summed E-state index contributed by atoms with van der Waals surface area (Å²) in [4.78, 5) is 11.7. The number of hydrogen-bond donors (Lipinski definition) is 0. The summed E-state index contributed by atoms with van der Waals surface area (Å²) in [5, 5.41) is 5.19. The molecule has 2 nitrogen and oxygen atoms in total. The van der Waals surface area contributed by atoms with E-state index in [1.807, 2.05) is 0 Å². The van der Waals surface area contributed by atoms with E-state index in [9.17, 15) is 0 Å². The number of nitrogens with zero attached hydrogens (tertiary/aromatic N) is 2. The smallest absolute Gasteiger partial charge is 0.160 e. The van der Waals surface area contributed by atoms with Crippen LogP contribution >= 0.6 is 0 Å². The van der Waals surface area contributed by atoms with E-state index in [-0.39, 0.29) is 10.8 Å². The molecule has 11 aromatic rings. The lowest BCUT2D eigenvalue weighted by atomic mass is 9.70. The summed E-state index contributed by atoms with van der Waals surface area (Å²) in [6, 6.07) is 80.0. The van der Waals surface area contributed by atoms with E-state index in [0.29, 0.717) is 0 Å². The van der Waals surface area contributed by atoms with E-state index in [2.05, 4.69) is 248 Å². The minimum absolute atomic E-state index is 0.0673. The van der Waals surface area contributed by atoms with Gasteiger partial charge in [0.15, 0.2) is 5.82 Å². The average Bonchev–Trinajstić information content (AvgIpc) is 1.56. The minimum atomic E-state index is -0.160. The van der Waals surface area contributed by atoms with Crippen LogP contribution in [0.15, 0.2) is 206 Å². The zero-order valence-electron chi connectivity index (χ0n) is 60.3. The molecule has 0 unspecified atom stereocenters. The SMILES string of the molecule is CCCCCCCCC1(CCCCCCCC)c2cc(C)ccc2-c2ccc(-c3cc(-c4ccc5c(c4)C(CCCCCCCC)(CCCCCCCC)c4cc(-c6ccc7cc8cc(C)ccc8cc7c6)ccc4-5)nc(-c4cc(-c5ccccc5)cc(-c5ccccc5)c4)n3)cc21. The molecule has 0 amide bonds. The summed E-state index contributed by atoms with van der Waals surface area (Å²) < 4.78 is 0. The van der Waals surface area contributed by atoms with Gasteiger partial charge >= 0.3 is 0 Å². The van der Waals surface area contributed by atoms with Crippen LogP contribution in [-0.2, 0) is 10.8 Å². The van der Waals surface area contributed by atoms with Gasteiger partial charge < -0.3 is 0 Å². The molecule has 0 bridgehead atoms. The zero-order valence-corrected chi connectivity index (χ0v) is 60.3. The monoisotopic (exact) mass is 1290 g/mol. The van der Waals surface area contributed by atoms with Crippen molar-refractivity contribution >= 4 is 21.5 Å². The molecule has 2 aliphatic rings. The van der Waals surface area contributed by atoms with Gasteiger partial charge in [0.05, 0.1) is 11.4 Å². The number of hydrogen-bond acceptors (Lipinski definition) is 2. The van der Waals surface area contributed by atoms with Crippen LogP contribution in [0.2, 0.25) is 0 Å². The minimum Gasteiger partial charge on any atom is -0.228 e. The van der Waals surface area contributed by atoms with Gasteiger partial charge in [-0.3, -0.25) is 0 Å². The molecule has 0 saturated carbocycles. The third-order valence-electron chi connectivity index (χ3n) is 22.7. The molecule has 0 atom stereocenters. The maximum absolute atomic E-state index is 5.88. The highest BCUT2D eigenvalue weighted by Crippen LogP contribution is 2.58. The van der Waals surface area contributed by atoms with Crippen molar-refractivity contribution in [3.05, 3.63) is 240 Å². The van der Waals surface area contributed by atoms with Crippen LogP contribution in [0.25, 0.3) is 111 Å². The standard InChI is InChI=1S/C96H108N2/c1-7-11-15-19-23-33-53-95(54-34-24-20-16-12-8-2)88-58-70(6)42-49-84(88)86-51-47-77(66-90(86)95)92-68-93(98-94(97-92)83-63-80(71-37-29-27-30-38-71)62-81(64-83)72-39-31-28-32-40-72)78-48-52-87-85-50-46-76(73-44-45-75-60-79-57-69(5)41-43-74(79)61-82(75)59-73)65-89(85)96(91(87)67-78,55-35-25-21-17-13-9-3)56-36-26-22-18-14-10-4/h27-32,37-52,57-68H,7-26,33-36,53-56H2,1-6H3. The molecule has 0 N–H and O–H groups in total. The first-order valence-electron chi connectivity index (χ1n) is 38.9. The van der Waals surface area contributed by atoms with E-state index in [1.54, 1.807) is 5.56 Å². The Bertz CT molecular complexity index is 4400. The number of aromatic nitrogens is 2. The van der Waals surface area contributed by atoms with Gasteiger partial charge in [-0.15, -0.1) is 0 Å². The zero-order chi connectivity index (χ0) is 67.3. The Balaban J connectivity index is 0.981. The van der Waals surface area contributed by atoms with Gasteiger partial charge in [-0.25, -0.2) is 9.97 Å². The molecule has 13 rings (SSSR count). The van der Waals surface area contributed by atoms with Gasteiger partial charge in [0, 0.05) is 27.5 Å². The fraction of sp³-hybridized carbons (Fsp3) is 0.375. The molecule has 0 aliphatic heterocycles. The van der Waals surface area contributed by atoms with Crippen molar-refractivity contribution in [2.24, 2.45) is 0 Å². The number of benzene rings is 10. The third kappa shape index (κ3) is 15.0. The number of fused-ring (bicyclic) bond motifs is 8. The predicted octanol–water partition coefficient (Wildman–Crippen LogP) is 28.9. The lowest BCUT2D eigenvalue weighted by Gasteiger charge is -2.33. The topological polar surface area (TPSA) is 25.8 Å². The summed E-state index contributed by atoms with van der Waals surface area (Å²) in [5.74, 6) is 0.759. The van der Waals surface area contributed by atoms with Gasteiger partial charge in [0.25, 0.3) is 0 Å². The van der Waals surface area contributed by atoms with Crippen molar-refractivity contribution in [1.82, 2.24) is 9.97 Å². The molecule has 98 heavy (non-hydrogen) atoms. The second kappa shape index (κ2) is 32.2. The number of aryl methyl sites for hydroxylation is 2. The summed E-state index contributed by atoms with van der Waals surface area (Å²) in [6.45, 7) is 13.9. The van der Waals surface area contributed by atoms with Crippen molar-refractivity contribution in [3.8, 4) is 89.5 Å². The van der Waals surface area contributed by atoms with Crippen LogP contribution < -0.4 is 0 Å². The molecule has 2 aliphatic carbocycles. The van der Waals surface area contributed by atoms with E-state index < -0.39 is 0 Å². The quantitative estimate of drug-likeness (QED) is 0.0297. The largest absolute Gasteiger partial charge is 0.228 e. The summed E-state index contributed by atoms with van der Waals surface area (Å²) in [5.41, 5.74) is 26.8. The first-order valence-corrected chi connectivity index (χ1v) is 38.9. The number of rotatable bonds is 34. The van der Waals surface area contributed by atoms with Gasteiger partial charge in [0.1, 0.15) is 0 Å². The van der Waals surface area contributed by atoms with Crippen LogP contribution in [0.3, 0.4) is 0 Å². The second-order valence-electron chi connectivity index (χ2n) is 29.8. The van der Waals surface area contributed by atoms with Crippen LogP contribution in [0.4, 0.5) is 0 Å². The van der Waals surface area contributed by atoms with E-state index in [1.165, 1.54) is 272 Å². The van der Waals surface area contributed by atoms with Crippen molar-refractivity contribution in [1.29, 1.82) is 0 Å². The molecular formula is C96H108N2. The Hall–Kier alpha value is -8.20. The maximum atomic E-state index is 5.88. The van der Waals surface area contributed by atoms with Crippen molar-refractivity contribution < 1.29 is 0 Å². The average molecular weight is 1290 g/mol. The molecule has 2 heteroatoms. The fourth-order valence-electron chi connectivity index (χ4n) is 17.3. The number of unbranched alkanes of at least 4 members (excludes halogenated alkanes) is 20. The van der Waals surface area contributed by atoms with Crippen molar-refractivity contribution in [2.75, 3.05) is 0 Å². The van der Waals surface area contributed by atoms with E-state index >= 15 is 0 Å². The molecule has 0 fully saturated rings. The van der Waals surface area contributed by atoms with Crippen LogP contribution in [0.1, 0.15) is 241 Å². The highest BCUT2D eigenvalue weighted by molar-refractivity contribution is 6.00. The van der Waals surface area contributed by atoms with Gasteiger partial charge in [0.2, 0.25) is 0 Å². The van der Waals surface area contributed by atoms with E-state index in [4.69, 9.17) is 9.97 Å². The lowest BCUT2D eigenvalue weighted by Crippen LogP contribution is -2.26. The fourth-order valence-corrected chi connectivity index (χ4v) is 17.3. The van der Waals surface area contributed by atoms with Crippen LogP contribution in [0, 0.1) is 13.8 Å². The third-order valence-corrected chi connectivity index (χ3v) is 22.7. The molecule has 502 valence electrons. The summed E-state index contributed by atoms with van der Waals surface area (Å²) >= 11 is 0. The molecule has 0 radical (unpaired) electrons. The van der Waals surface area contributed by atoms with Crippen molar-refractivity contribution in [2.45, 2.75) is 232 Å². The first kappa shape index (κ1) is 68.3. The Morgan fingerprint density at radius 2 is 0.571 bits per heavy atom. The summed E-state index contributed by atoms with van der Waals surface area (Å²) in [7, 11) is 0. The molecular weight excluding hydrogens is 1180 g/mol. The molecule has 0 spiro atoms. The van der Waals surface area contributed by atoms with Crippen molar-refractivity contribution in [3.63, 3.8) is 0 Å². The maximum Gasteiger partial charge on any atom is 0.160 e. The van der Waals surface area contributed by atoms with Gasteiger partial charge in [-0.05, 0) is 200 Å². The Labute approximate surface area is 589 Å². The predicted molar refractivity (Wildman–Crippen MR) is 424 cm³/mol. The lowest BCUT2D eigenvalue weighted by molar-refractivity contribution is 0.398. The molecule has 10 aromatic carbocycles. The van der Waals surface area contributed by atoms with Gasteiger partial charge in [-0.1, -0.05) is 339 Å². The normalized spacial score (nSPS) is 13.3. The molecule has 1 heterocycles. The first-order chi connectivity index (χ1) is 48.2. The second-order valence-corrected chi connectivity index (χ2v) is 29.8. The van der Waals surface area contributed by atoms with Crippen LogP contribution in [0.5, 0.6) is 0 Å². The highest BCUT2D eigenvalue weighted by atomic mass is 14.9. The Morgan fingerprint density at radius 1 is 0.235 bits per heavy atom. The molecule has 0 saturated heterocycles. The summed E-state index contributed by atoms with van der Waals surface area (Å²) in [6.07, 6.45) is 35.5. The van der Waals surface area contributed by atoms with Gasteiger partial charge in [-0.2, -0.15) is 0 Å². The molecule has 1 aromatic heterocycles. The Morgan fingerprint density at radius 3 is 1.03 bits per heavy atom. The van der Waals surface area contributed by atoms with E-state index in [0.717, 1.165) is 46.7 Å². The highest BCUT2D eigenvalue weighted by Gasteiger charge is 2.44. The Kier molecular flexibility index (Phi) is 22.5.